The average Bonchev–Trinajstić information content (AvgIpc) is 2.82. The lowest BCUT2D eigenvalue weighted by Gasteiger charge is -2.28. The fraction of sp³-hybridized carbons (Fsp3) is 0.733. The second kappa shape index (κ2) is 6.55. The molecule has 0 fully saturated rings. The number of thiophene rings is 1. The third-order valence-corrected chi connectivity index (χ3v) is 5.00. The molecule has 2 heteroatoms. The van der Waals surface area contributed by atoms with Gasteiger partial charge in [0.15, 0.2) is 0 Å². The van der Waals surface area contributed by atoms with Gasteiger partial charge in [-0.2, -0.15) is 0 Å². The summed E-state index contributed by atoms with van der Waals surface area (Å²) in [4.78, 5) is 1.60. The number of unbranched alkanes of at least 4 members (excludes halogenated alkanes) is 3. The van der Waals surface area contributed by atoms with E-state index in [4.69, 9.17) is 5.73 Å². The van der Waals surface area contributed by atoms with E-state index in [1.807, 2.05) is 11.3 Å². The van der Waals surface area contributed by atoms with E-state index < -0.39 is 0 Å². The predicted octanol–water partition coefficient (Wildman–Crippen LogP) is 4.47. The lowest BCUT2D eigenvalue weighted by Crippen LogP contribution is -2.30. The van der Waals surface area contributed by atoms with Gasteiger partial charge < -0.3 is 5.73 Å². The van der Waals surface area contributed by atoms with Crippen LogP contribution in [0.1, 0.15) is 68.2 Å². The standard InChI is InChI=1S/C15H25NS/c1-2-3-4-5-8-14(16)12-7-6-9-15-13(12)10-11-17-15/h10-12,14H,2-9,16H2,1H3. The van der Waals surface area contributed by atoms with Crippen molar-refractivity contribution in [2.45, 2.75) is 70.3 Å². The molecule has 2 unspecified atom stereocenters. The van der Waals surface area contributed by atoms with E-state index in [0.717, 1.165) is 0 Å². The zero-order valence-corrected chi connectivity index (χ0v) is 11.8. The van der Waals surface area contributed by atoms with Gasteiger partial charge in [0.25, 0.3) is 0 Å². The van der Waals surface area contributed by atoms with E-state index in [9.17, 15) is 0 Å². The Bertz CT molecular complexity index is 331. The van der Waals surface area contributed by atoms with Crippen LogP contribution in [0, 0.1) is 0 Å². The van der Waals surface area contributed by atoms with Crippen molar-refractivity contribution in [2.75, 3.05) is 0 Å². The number of rotatable bonds is 6. The summed E-state index contributed by atoms with van der Waals surface area (Å²) in [7, 11) is 0. The minimum atomic E-state index is 0.389. The van der Waals surface area contributed by atoms with Gasteiger partial charge in [-0.3, -0.25) is 0 Å². The first kappa shape index (κ1) is 13.1. The minimum Gasteiger partial charge on any atom is -0.327 e. The first-order valence-electron chi connectivity index (χ1n) is 7.14. The highest BCUT2D eigenvalue weighted by Crippen LogP contribution is 2.37. The molecule has 0 bridgehead atoms. The van der Waals surface area contributed by atoms with Crippen LogP contribution in [0.2, 0.25) is 0 Å². The van der Waals surface area contributed by atoms with Crippen LogP contribution in [0.15, 0.2) is 11.4 Å². The van der Waals surface area contributed by atoms with Crippen molar-refractivity contribution in [3.8, 4) is 0 Å². The Kier molecular flexibility index (Phi) is 5.05. The normalized spacial score (nSPS) is 21.2. The van der Waals surface area contributed by atoms with Crippen molar-refractivity contribution in [3.05, 3.63) is 21.9 Å². The molecule has 1 nitrogen and oxygen atoms in total. The first-order valence-corrected chi connectivity index (χ1v) is 8.02. The maximum Gasteiger partial charge on any atom is 0.0108 e. The molecule has 0 spiro atoms. The molecule has 1 aliphatic rings. The third-order valence-electron chi connectivity index (χ3n) is 4.01. The summed E-state index contributed by atoms with van der Waals surface area (Å²) in [6.45, 7) is 2.26. The van der Waals surface area contributed by atoms with Crippen molar-refractivity contribution in [1.29, 1.82) is 0 Å². The maximum atomic E-state index is 6.41. The first-order chi connectivity index (χ1) is 8.33. The van der Waals surface area contributed by atoms with Crippen LogP contribution in [-0.4, -0.2) is 6.04 Å². The van der Waals surface area contributed by atoms with Gasteiger partial charge in [-0.1, -0.05) is 32.6 Å². The fourth-order valence-electron chi connectivity index (χ4n) is 2.97. The Morgan fingerprint density at radius 3 is 3.12 bits per heavy atom. The van der Waals surface area contributed by atoms with Crippen LogP contribution in [-0.2, 0) is 6.42 Å². The van der Waals surface area contributed by atoms with Gasteiger partial charge in [0, 0.05) is 16.8 Å². The van der Waals surface area contributed by atoms with Gasteiger partial charge in [0.1, 0.15) is 0 Å². The number of hydrogen-bond donors (Lipinski definition) is 1. The molecule has 0 saturated heterocycles. The molecular weight excluding hydrogens is 226 g/mol. The number of hydrogen-bond acceptors (Lipinski definition) is 2. The summed E-state index contributed by atoms with van der Waals surface area (Å²) in [5, 5.41) is 2.24. The Hall–Kier alpha value is -0.340. The second-order valence-electron chi connectivity index (χ2n) is 5.31. The topological polar surface area (TPSA) is 26.0 Å². The van der Waals surface area contributed by atoms with E-state index in [1.54, 1.807) is 10.4 Å². The van der Waals surface area contributed by atoms with Gasteiger partial charge in [-0.05, 0) is 42.7 Å². The van der Waals surface area contributed by atoms with Crippen molar-refractivity contribution < 1.29 is 0 Å². The maximum absolute atomic E-state index is 6.41. The molecule has 0 aliphatic heterocycles. The highest BCUT2D eigenvalue weighted by atomic mass is 32.1. The van der Waals surface area contributed by atoms with Crippen molar-refractivity contribution in [1.82, 2.24) is 0 Å². The summed E-state index contributed by atoms with van der Waals surface area (Å²) in [6.07, 6.45) is 10.5. The Morgan fingerprint density at radius 1 is 1.41 bits per heavy atom. The van der Waals surface area contributed by atoms with Crippen molar-refractivity contribution >= 4 is 11.3 Å². The SMILES string of the molecule is CCCCCCC(N)C1CCCc2sccc21. The van der Waals surface area contributed by atoms with E-state index in [1.165, 1.54) is 51.4 Å². The molecule has 17 heavy (non-hydrogen) atoms. The molecule has 0 aromatic carbocycles. The third kappa shape index (κ3) is 3.32. The Labute approximate surface area is 109 Å². The van der Waals surface area contributed by atoms with E-state index in [2.05, 4.69) is 18.4 Å². The van der Waals surface area contributed by atoms with Gasteiger partial charge in [-0.15, -0.1) is 11.3 Å². The molecule has 96 valence electrons. The molecule has 1 heterocycles. The van der Waals surface area contributed by atoms with Crippen LogP contribution in [0.25, 0.3) is 0 Å². The molecule has 2 atom stereocenters. The summed E-state index contributed by atoms with van der Waals surface area (Å²) in [5.74, 6) is 0.645. The number of fused-ring (bicyclic) bond motifs is 1. The van der Waals surface area contributed by atoms with Crippen LogP contribution in [0.5, 0.6) is 0 Å². The Morgan fingerprint density at radius 2 is 2.29 bits per heavy atom. The summed E-state index contributed by atoms with van der Waals surface area (Å²) >= 11 is 1.92. The fourth-order valence-corrected chi connectivity index (χ4v) is 3.97. The Balaban J connectivity index is 1.86. The van der Waals surface area contributed by atoms with Crippen LogP contribution in [0.3, 0.4) is 0 Å². The molecule has 0 amide bonds. The van der Waals surface area contributed by atoms with E-state index >= 15 is 0 Å². The predicted molar refractivity (Wildman–Crippen MR) is 76.7 cm³/mol. The zero-order chi connectivity index (χ0) is 12.1. The molecule has 2 rings (SSSR count). The quantitative estimate of drug-likeness (QED) is 0.742. The summed E-state index contributed by atoms with van der Waals surface area (Å²) in [6, 6.07) is 2.70. The van der Waals surface area contributed by atoms with Gasteiger partial charge >= 0.3 is 0 Å². The van der Waals surface area contributed by atoms with E-state index in [0.29, 0.717) is 12.0 Å². The smallest absolute Gasteiger partial charge is 0.0108 e. The van der Waals surface area contributed by atoms with Gasteiger partial charge in [0.2, 0.25) is 0 Å². The number of nitrogens with two attached hydrogens (primary N) is 1. The summed E-state index contributed by atoms with van der Waals surface area (Å²) < 4.78 is 0. The molecule has 0 radical (unpaired) electrons. The summed E-state index contributed by atoms with van der Waals surface area (Å²) in [5.41, 5.74) is 7.98. The second-order valence-corrected chi connectivity index (χ2v) is 6.31. The number of aryl methyl sites for hydroxylation is 1. The van der Waals surface area contributed by atoms with Gasteiger partial charge in [0.05, 0.1) is 0 Å². The van der Waals surface area contributed by atoms with Crippen LogP contribution >= 0.6 is 11.3 Å². The highest BCUT2D eigenvalue weighted by Gasteiger charge is 2.25. The largest absolute Gasteiger partial charge is 0.327 e. The van der Waals surface area contributed by atoms with Crippen molar-refractivity contribution in [2.24, 2.45) is 5.73 Å². The lowest BCUT2D eigenvalue weighted by atomic mass is 9.81. The van der Waals surface area contributed by atoms with Crippen LogP contribution in [0.4, 0.5) is 0 Å². The minimum absolute atomic E-state index is 0.389. The molecule has 2 N–H and O–H groups in total. The monoisotopic (exact) mass is 251 g/mol. The zero-order valence-electron chi connectivity index (χ0n) is 11.0. The van der Waals surface area contributed by atoms with E-state index in [-0.39, 0.29) is 0 Å². The molecule has 1 aromatic heterocycles. The molecule has 1 aliphatic carbocycles. The molecule has 1 aromatic rings. The molecule has 0 saturated carbocycles. The highest BCUT2D eigenvalue weighted by molar-refractivity contribution is 7.10. The van der Waals surface area contributed by atoms with Gasteiger partial charge in [-0.25, -0.2) is 0 Å². The van der Waals surface area contributed by atoms with Crippen molar-refractivity contribution in [3.63, 3.8) is 0 Å². The van der Waals surface area contributed by atoms with Crippen LogP contribution < -0.4 is 5.73 Å². The average molecular weight is 251 g/mol. The molecular formula is C15H25NS. The lowest BCUT2D eigenvalue weighted by molar-refractivity contribution is 0.429.